The first kappa shape index (κ1) is 16.3. The third-order valence-electron chi connectivity index (χ3n) is 3.81. The van der Waals surface area contributed by atoms with Crippen molar-refractivity contribution in [1.29, 1.82) is 0 Å². The minimum atomic E-state index is -0.233. The Morgan fingerprint density at radius 3 is 3.00 bits per heavy atom. The minimum absolute atomic E-state index is 0.233. The number of hydrogen-bond donors (Lipinski definition) is 2. The van der Waals surface area contributed by atoms with E-state index in [0.717, 1.165) is 30.0 Å². The van der Waals surface area contributed by atoms with E-state index in [-0.39, 0.29) is 6.03 Å². The number of carbonyl (C=O) groups is 1. The third-order valence-corrected chi connectivity index (χ3v) is 3.81. The summed E-state index contributed by atoms with van der Waals surface area (Å²) in [5.74, 6) is 0.788. The Balaban J connectivity index is 1.45. The minimum Gasteiger partial charge on any atom is -0.494 e. The number of nitrogens with zero attached hydrogens (tertiary/aromatic N) is 2. The summed E-state index contributed by atoms with van der Waals surface area (Å²) < 4.78 is 12.7. The maximum absolute atomic E-state index is 11.9. The first-order valence-electron chi connectivity index (χ1n) is 8.15. The predicted octanol–water partition coefficient (Wildman–Crippen LogP) is 2.18. The quantitative estimate of drug-likeness (QED) is 0.851. The van der Waals surface area contributed by atoms with E-state index < -0.39 is 0 Å². The van der Waals surface area contributed by atoms with Gasteiger partial charge in [-0.25, -0.2) is 4.79 Å². The number of hydrogen-bond acceptors (Lipinski definition) is 4. The van der Waals surface area contributed by atoms with Crippen LogP contribution in [0.1, 0.15) is 18.2 Å². The number of carbonyl (C=O) groups excluding carboxylic acids is 1. The molecule has 0 fully saturated rings. The van der Waals surface area contributed by atoms with E-state index in [0.29, 0.717) is 26.3 Å². The highest BCUT2D eigenvalue weighted by atomic mass is 16.5. The molecular formula is C17H22N4O3. The zero-order chi connectivity index (χ0) is 16.8. The van der Waals surface area contributed by atoms with Crippen LogP contribution in [-0.2, 0) is 24.3 Å². The van der Waals surface area contributed by atoms with Crippen molar-refractivity contribution in [3.05, 3.63) is 41.7 Å². The second kappa shape index (κ2) is 7.83. The molecule has 1 aromatic carbocycles. The zero-order valence-corrected chi connectivity index (χ0v) is 13.7. The molecular weight excluding hydrogens is 308 g/mol. The molecule has 0 bridgehead atoms. The summed E-state index contributed by atoms with van der Waals surface area (Å²) in [5.41, 5.74) is 3.07. The van der Waals surface area contributed by atoms with Crippen LogP contribution in [0, 0.1) is 0 Å². The lowest BCUT2D eigenvalue weighted by Gasteiger charge is -2.15. The average molecular weight is 330 g/mol. The maximum atomic E-state index is 11.9. The number of aromatic nitrogens is 2. The van der Waals surface area contributed by atoms with E-state index in [2.05, 4.69) is 15.7 Å². The Kier molecular flexibility index (Phi) is 5.32. The first-order valence-corrected chi connectivity index (χ1v) is 8.15. The van der Waals surface area contributed by atoms with Crippen LogP contribution in [0.25, 0.3) is 0 Å². The molecule has 1 aromatic heterocycles. The monoisotopic (exact) mass is 330 g/mol. The molecule has 128 valence electrons. The van der Waals surface area contributed by atoms with Gasteiger partial charge in [0, 0.05) is 29.9 Å². The summed E-state index contributed by atoms with van der Waals surface area (Å²) in [4.78, 5) is 11.9. The van der Waals surface area contributed by atoms with Crippen LogP contribution in [0.5, 0.6) is 5.75 Å². The highest BCUT2D eigenvalue weighted by molar-refractivity contribution is 5.89. The number of benzene rings is 1. The molecule has 0 aliphatic carbocycles. The smallest absolute Gasteiger partial charge is 0.319 e. The Hall–Kier alpha value is -2.54. The number of nitrogens with one attached hydrogen (secondary N) is 2. The van der Waals surface area contributed by atoms with E-state index in [4.69, 9.17) is 9.47 Å². The standard InChI is InChI=1S/C17H22N4O3/c1-2-24-15-5-3-14(4-6-15)20-17(22)18-8-9-21-16-7-10-23-12-13(16)11-19-21/h3-6,11H,2,7-10,12H2,1H3,(H2,18,20,22). The van der Waals surface area contributed by atoms with Gasteiger partial charge in [0.05, 0.1) is 32.6 Å². The van der Waals surface area contributed by atoms with Gasteiger partial charge in [-0.1, -0.05) is 0 Å². The molecule has 2 N–H and O–H groups in total. The summed E-state index contributed by atoms with van der Waals surface area (Å²) in [6.45, 7) is 5.06. The molecule has 3 rings (SSSR count). The Bertz CT molecular complexity index is 682. The van der Waals surface area contributed by atoms with E-state index in [1.165, 1.54) is 5.69 Å². The van der Waals surface area contributed by atoms with Gasteiger partial charge in [-0.2, -0.15) is 5.10 Å². The van der Waals surface area contributed by atoms with Crippen molar-refractivity contribution in [3.63, 3.8) is 0 Å². The van der Waals surface area contributed by atoms with Crippen LogP contribution in [0.3, 0.4) is 0 Å². The van der Waals surface area contributed by atoms with Gasteiger partial charge in [-0.15, -0.1) is 0 Å². The van der Waals surface area contributed by atoms with Crippen molar-refractivity contribution in [2.45, 2.75) is 26.5 Å². The molecule has 0 saturated heterocycles. The number of ether oxygens (including phenoxy) is 2. The lowest BCUT2D eigenvalue weighted by molar-refractivity contribution is 0.109. The predicted molar refractivity (Wildman–Crippen MR) is 90.2 cm³/mol. The fourth-order valence-electron chi connectivity index (χ4n) is 2.65. The van der Waals surface area contributed by atoms with E-state index >= 15 is 0 Å². The largest absolute Gasteiger partial charge is 0.494 e. The molecule has 2 aromatic rings. The molecule has 2 amide bonds. The molecule has 0 radical (unpaired) electrons. The fourth-order valence-corrected chi connectivity index (χ4v) is 2.65. The number of amides is 2. The molecule has 1 aliphatic rings. The molecule has 24 heavy (non-hydrogen) atoms. The zero-order valence-electron chi connectivity index (χ0n) is 13.7. The number of urea groups is 1. The van der Waals surface area contributed by atoms with Crippen LogP contribution in [0.4, 0.5) is 10.5 Å². The summed E-state index contributed by atoms with van der Waals surface area (Å²) in [7, 11) is 0. The van der Waals surface area contributed by atoms with Gasteiger partial charge in [0.2, 0.25) is 0 Å². The highest BCUT2D eigenvalue weighted by Crippen LogP contribution is 2.16. The molecule has 0 saturated carbocycles. The van der Waals surface area contributed by atoms with Gasteiger partial charge in [0.1, 0.15) is 5.75 Å². The maximum Gasteiger partial charge on any atom is 0.319 e. The Labute approximate surface area is 140 Å². The van der Waals surface area contributed by atoms with Crippen LogP contribution in [0.2, 0.25) is 0 Å². The number of anilines is 1. The number of rotatable bonds is 6. The SMILES string of the molecule is CCOc1ccc(NC(=O)NCCn2ncc3c2CCOC3)cc1. The molecule has 2 heterocycles. The van der Waals surface area contributed by atoms with E-state index in [1.54, 1.807) is 0 Å². The van der Waals surface area contributed by atoms with Gasteiger partial charge in [-0.05, 0) is 31.2 Å². The molecule has 0 unspecified atom stereocenters. The summed E-state index contributed by atoms with van der Waals surface area (Å²) in [5, 5.41) is 10.00. The summed E-state index contributed by atoms with van der Waals surface area (Å²) >= 11 is 0. The fraction of sp³-hybridized carbons (Fsp3) is 0.412. The molecule has 7 nitrogen and oxygen atoms in total. The van der Waals surface area contributed by atoms with Crippen molar-refractivity contribution >= 4 is 11.7 Å². The lowest BCUT2D eigenvalue weighted by atomic mass is 10.2. The number of fused-ring (bicyclic) bond motifs is 1. The molecule has 7 heteroatoms. The molecule has 0 atom stereocenters. The van der Waals surface area contributed by atoms with Gasteiger partial charge >= 0.3 is 6.03 Å². The van der Waals surface area contributed by atoms with E-state index in [9.17, 15) is 4.79 Å². The average Bonchev–Trinajstić information content (AvgIpc) is 3.00. The van der Waals surface area contributed by atoms with E-state index in [1.807, 2.05) is 42.1 Å². The Morgan fingerprint density at radius 1 is 1.38 bits per heavy atom. The van der Waals surface area contributed by atoms with Crippen molar-refractivity contribution in [2.24, 2.45) is 0 Å². The van der Waals surface area contributed by atoms with Crippen LogP contribution in [0.15, 0.2) is 30.5 Å². The topological polar surface area (TPSA) is 77.4 Å². The van der Waals surface area contributed by atoms with Gasteiger partial charge in [0.25, 0.3) is 0 Å². The highest BCUT2D eigenvalue weighted by Gasteiger charge is 2.15. The molecule has 0 spiro atoms. The second-order valence-electron chi connectivity index (χ2n) is 5.48. The van der Waals surface area contributed by atoms with Crippen molar-refractivity contribution in [3.8, 4) is 5.75 Å². The van der Waals surface area contributed by atoms with Crippen molar-refractivity contribution in [1.82, 2.24) is 15.1 Å². The first-order chi connectivity index (χ1) is 11.8. The van der Waals surface area contributed by atoms with Crippen LogP contribution < -0.4 is 15.4 Å². The lowest BCUT2D eigenvalue weighted by Crippen LogP contribution is -2.32. The third kappa shape index (κ3) is 4.05. The van der Waals surface area contributed by atoms with Gasteiger partial charge < -0.3 is 20.1 Å². The van der Waals surface area contributed by atoms with Gasteiger partial charge in [0.15, 0.2) is 0 Å². The normalized spacial score (nSPS) is 13.2. The summed E-state index contributed by atoms with van der Waals surface area (Å²) in [6, 6.07) is 7.06. The Morgan fingerprint density at radius 2 is 2.21 bits per heavy atom. The van der Waals surface area contributed by atoms with Crippen LogP contribution in [-0.4, -0.2) is 35.6 Å². The van der Waals surface area contributed by atoms with Gasteiger partial charge in [-0.3, -0.25) is 4.68 Å². The van der Waals surface area contributed by atoms with Crippen molar-refractivity contribution < 1.29 is 14.3 Å². The van der Waals surface area contributed by atoms with Crippen molar-refractivity contribution in [2.75, 3.05) is 25.1 Å². The van der Waals surface area contributed by atoms with Crippen LogP contribution >= 0.6 is 0 Å². The second-order valence-corrected chi connectivity index (χ2v) is 5.48. The summed E-state index contributed by atoms with van der Waals surface area (Å²) in [6.07, 6.45) is 2.71. The molecule has 1 aliphatic heterocycles.